The summed E-state index contributed by atoms with van der Waals surface area (Å²) in [5.41, 5.74) is 3.53. The molecular formula is C19H27N3OS. The molecular weight excluding hydrogens is 318 g/mol. The molecule has 1 heterocycles. The Morgan fingerprint density at radius 1 is 1.21 bits per heavy atom. The first-order valence-corrected chi connectivity index (χ1v) is 9.67. The van der Waals surface area contributed by atoms with Crippen LogP contribution in [0, 0.1) is 32.1 Å². The molecule has 24 heavy (non-hydrogen) atoms. The molecule has 1 aliphatic carbocycles. The van der Waals surface area contributed by atoms with Gasteiger partial charge in [0.25, 0.3) is 0 Å². The first-order valence-electron chi connectivity index (χ1n) is 8.79. The summed E-state index contributed by atoms with van der Waals surface area (Å²) in [6.45, 7) is 7.77. The molecule has 0 bridgehead atoms. The van der Waals surface area contributed by atoms with Gasteiger partial charge in [-0.05, 0) is 51.7 Å². The smallest absolute Gasteiger partial charge is 0.233 e. The molecule has 1 aliphatic rings. The molecule has 1 aromatic rings. The van der Waals surface area contributed by atoms with Gasteiger partial charge in [0.2, 0.25) is 5.91 Å². The van der Waals surface area contributed by atoms with E-state index < -0.39 is 0 Å². The molecule has 0 aromatic carbocycles. The van der Waals surface area contributed by atoms with Crippen LogP contribution in [-0.2, 0) is 4.79 Å². The molecule has 4 nitrogen and oxygen atoms in total. The van der Waals surface area contributed by atoms with E-state index in [-0.39, 0.29) is 11.2 Å². The molecule has 130 valence electrons. The number of carbonyl (C=O) groups is 1. The molecule has 2 rings (SSSR count). The Bertz CT molecular complexity index is 643. The number of aryl methyl sites for hydroxylation is 1. The van der Waals surface area contributed by atoms with Gasteiger partial charge in [0.05, 0.1) is 10.8 Å². The zero-order valence-corrected chi connectivity index (χ0v) is 15.9. The van der Waals surface area contributed by atoms with Crippen LogP contribution in [0.5, 0.6) is 0 Å². The maximum absolute atomic E-state index is 12.5. The normalized spacial score (nSPS) is 17.0. The van der Waals surface area contributed by atoms with Crippen LogP contribution in [0.25, 0.3) is 0 Å². The van der Waals surface area contributed by atoms with E-state index in [9.17, 15) is 10.1 Å². The molecule has 1 aromatic heterocycles. The van der Waals surface area contributed by atoms with Crippen molar-refractivity contribution in [2.75, 3.05) is 0 Å². The summed E-state index contributed by atoms with van der Waals surface area (Å²) < 4.78 is 0. The summed E-state index contributed by atoms with van der Waals surface area (Å²) in [7, 11) is 0. The quantitative estimate of drug-likeness (QED) is 0.656. The van der Waals surface area contributed by atoms with E-state index in [1.165, 1.54) is 37.4 Å². The van der Waals surface area contributed by atoms with Crippen LogP contribution < -0.4 is 5.32 Å². The van der Waals surface area contributed by atoms with Gasteiger partial charge in [-0.1, -0.05) is 37.4 Å². The Morgan fingerprint density at radius 2 is 1.83 bits per heavy atom. The SMILES string of the molecule is Cc1nc(SC(C)C(=O)NC2CCCCCC2)c(C#N)c(C)c1C. The first-order chi connectivity index (χ1) is 11.4. The average molecular weight is 346 g/mol. The number of pyridine rings is 1. The lowest BCUT2D eigenvalue weighted by Crippen LogP contribution is -2.39. The van der Waals surface area contributed by atoms with Crippen LogP contribution in [0.3, 0.4) is 0 Å². The maximum atomic E-state index is 12.5. The van der Waals surface area contributed by atoms with Gasteiger partial charge in [0.15, 0.2) is 0 Å². The van der Waals surface area contributed by atoms with E-state index >= 15 is 0 Å². The van der Waals surface area contributed by atoms with Gasteiger partial charge in [-0.3, -0.25) is 4.79 Å². The first kappa shape index (κ1) is 18.8. The third-order valence-electron chi connectivity index (χ3n) is 4.93. The summed E-state index contributed by atoms with van der Waals surface area (Å²) in [5, 5.41) is 13.1. The fraction of sp³-hybridized carbons (Fsp3) is 0.632. The monoisotopic (exact) mass is 345 g/mol. The molecule has 0 spiro atoms. The molecule has 5 heteroatoms. The number of aromatic nitrogens is 1. The Labute approximate surface area is 149 Å². The number of hydrogen-bond donors (Lipinski definition) is 1. The zero-order valence-electron chi connectivity index (χ0n) is 15.1. The Kier molecular flexibility index (Phi) is 6.68. The molecule has 0 aliphatic heterocycles. The van der Waals surface area contributed by atoms with E-state index in [1.54, 1.807) is 0 Å². The number of carbonyl (C=O) groups excluding carboxylic acids is 1. The molecule has 1 fully saturated rings. The van der Waals surface area contributed by atoms with Crippen molar-refractivity contribution in [2.24, 2.45) is 0 Å². The van der Waals surface area contributed by atoms with Crippen molar-refractivity contribution < 1.29 is 4.79 Å². The van der Waals surface area contributed by atoms with Crippen LogP contribution in [0.2, 0.25) is 0 Å². The highest BCUT2D eigenvalue weighted by Crippen LogP contribution is 2.29. The summed E-state index contributed by atoms with van der Waals surface area (Å²) >= 11 is 1.39. The largest absolute Gasteiger partial charge is 0.352 e. The second kappa shape index (κ2) is 8.53. The van der Waals surface area contributed by atoms with E-state index in [0.29, 0.717) is 16.6 Å². The Balaban J connectivity index is 2.07. The van der Waals surface area contributed by atoms with Gasteiger partial charge < -0.3 is 5.32 Å². The second-order valence-electron chi connectivity index (χ2n) is 6.70. The summed E-state index contributed by atoms with van der Waals surface area (Å²) in [6.07, 6.45) is 7.09. The molecule has 1 saturated carbocycles. The van der Waals surface area contributed by atoms with Crippen LogP contribution >= 0.6 is 11.8 Å². The predicted octanol–water partition coefficient (Wildman–Crippen LogP) is 4.20. The zero-order chi connectivity index (χ0) is 17.7. The third kappa shape index (κ3) is 4.51. The van der Waals surface area contributed by atoms with E-state index in [1.807, 2.05) is 27.7 Å². The number of thioether (sulfide) groups is 1. The number of hydrogen-bond acceptors (Lipinski definition) is 4. The third-order valence-corrected chi connectivity index (χ3v) is 6.02. The minimum absolute atomic E-state index is 0.0495. The molecule has 0 radical (unpaired) electrons. The number of rotatable bonds is 4. The summed E-state index contributed by atoms with van der Waals surface area (Å²) in [4.78, 5) is 17.1. The predicted molar refractivity (Wildman–Crippen MR) is 98.1 cm³/mol. The molecule has 0 saturated heterocycles. The highest BCUT2D eigenvalue weighted by Gasteiger charge is 2.22. The van der Waals surface area contributed by atoms with Crippen molar-refractivity contribution >= 4 is 17.7 Å². The van der Waals surface area contributed by atoms with Gasteiger partial charge in [-0.25, -0.2) is 4.98 Å². The standard InChI is InChI=1S/C19H27N3OS/c1-12-13(2)17(11-20)19(21-14(12)3)24-15(4)18(23)22-16-9-7-5-6-8-10-16/h15-16H,5-10H2,1-4H3,(H,22,23). The highest BCUT2D eigenvalue weighted by molar-refractivity contribution is 8.00. The van der Waals surface area contributed by atoms with Gasteiger partial charge >= 0.3 is 0 Å². The van der Waals surface area contributed by atoms with E-state index in [4.69, 9.17) is 0 Å². The number of nitrogens with one attached hydrogen (secondary N) is 1. The second-order valence-corrected chi connectivity index (χ2v) is 8.03. The lowest BCUT2D eigenvalue weighted by Gasteiger charge is -2.20. The van der Waals surface area contributed by atoms with Gasteiger partial charge in [-0.2, -0.15) is 5.26 Å². The molecule has 1 atom stereocenters. The minimum atomic E-state index is -0.255. The van der Waals surface area contributed by atoms with Crippen molar-refractivity contribution in [3.63, 3.8) is 0 Å². The number of nitriles is 1. The lowest BCUT2D eigenvalue weighted by molar-refractivity contribution is -0.121. The fourth-order valence-corrected chi connectivity index (χ4v) is 4.11. The average Bonchev–Trinajstić information content (AvgIpc) is 2.81. The highest BCUT2D eigenvalue weighted by atomic mass is 32.2. The minimum Gasteiger partial charge on any atom is -0.352 e. The van der Waals surface area contributed by atoms with Crippen molar-refractivity contribution in [1.82, 2.24) is 10.3 Å². The van der Waals surface area contributed by atoms with Crippen molar-refractivity contribution in [3.8, 4) is 6.07 Å². The van der Waals surface area contributed by atoms with Crippen LogP contribution in [0.1, 0.15) is 67.8 Å². The topological polar surface area (TPSA) is 65.8 Å². The van der Waals surface area contributed by atoms with Gasteiger partial charge in [0, 0.05) is 11.7 Å². The van der Waals surface area contributed by atoms with E-state index in [2.05, 4.69) is 16.4 Å². The Morgan fingerprint density at radius 3 is 2.42 bits per heavy atom. The van der Waals surface area contributed by atoms with Crippen molar-refractivity contribution in [1.29, 1.82) is 5.26 Å². The Hall–Kier alpha value is -1.54. The maximum Gasteiger partial charge on any atom is 0.233 e. The lowest BCUT2D eigenvalue weighted by atomic mass is 10.1. The van der Waals surface area contributed by atoms with Crippen LogP contribution in [-0.4, -0.2) is 22.2 Å². The molecule has 1 unspecified atom stereocenters. The van der Waals surface area contributed by atoms with Crippen LogP contribution in [0.4, 0.5) is 0 Å². The van der Waals surface area contributed by atoms with Gasteiger partial charge in [-0.15, -0.1) is 0 Å². The van der Waals surface area contributed by atoms with Crippen LogP contribution in [0.15, 0.2) is 5.03 Å². The number of nitrogens with zero attached hydrogens (tertiary/aromatic N) is 2. The number of amides is 1. The summed E-state index contributed by atoms with van der Waals surface area (Å²) in [6, 6.07) is 2.55. The van der Waals surface area contributed by atoms with Crippen molar-refractivity contribution in [3.05, 3.63) is 22.4 Å². The van der Waals surface area contributed by atoms with E-state index in [0.717, 1.165) is 29.7 Å². The molecule has 1 N–H and O–H groups in total. The fourth-order valence-electron chi connectivity index (χ4n) is 3.09. The van der Waals surface area contributed by atoms with Crippen molar-refractivity contribution in [2.45, 2.75) is 82.5 Å². The molecule has 1 amide bonds. The van der Waals surface area contributed by atoms with Gasteiger partial charge in [0.1, 0.15) is 11.1 Å². The summed E-state index contributed by atoms with van der Waals surface area (Å²) in [5.74, 6) is 0.0495.